The molecule has 1 aromatic rings. The van der Waals surface area contributed by atoms with Crippen molar-refractivity contribution in [2.75, 3.05) is 13.2 Å². The Hall–Kier alpha value is -1.53. The van der Waals surface area contributed by atoms with Gasteiger partial charge in [0.2, 0.25) is 0 Å². The molecular weight excluding hydrogens is 214 g/mol. The van der Waals surface area contributed by atoms with Gasteiger partial charge in [-0.3, -0.25) is 0 Å². The molecule has 0 bridgehead atoms. The zero-order valence-corrected chi connectivity index (χ0v) is 10.1. The van der Waals surface area contributed by atoms with E-state index in [1.807, 2.05) is 19.1 Å². The zero-order chi connectivity index (χ0) is 12.1. The van der Waals surface area contributed by atoms with Crippen LogP contribution < -0.4 is 4.74 Å². The van der Waals surface area contributed by atoms with Crippen LogP contribution in [0.3, 0.4) is 0 Å². The maximum Gasteiger partial charge on any atom is 0.122 e. The fourth-order valence-electron chi connectivity index (χ4n) is 2.00. The maximum atomic E-state index is 8.78. The molecule has 17 heavy (non-hydrogen) atoms. The highest BCUT2D eigenvalue weighted by molar-refractivity contribution is 5.41. The molecule has 1 atom stereocenters. The quantitative estimate of drug-likeness (QED) is 0.803. The van der Waals surface area contributed by atoms with E-state index >= 15 is 0 Å². The molecule has 0 aliphatic carbocycles. The molecule has 0 spiro atoms. The summed E-state index contributed by atoms with van der Waals surface area (Å²) in [5.74, 6) is 0.846. The van der Waals surface area contributed by atoms with Crippen molar-refractivity contribution in [3.8, 4) is 11.8 Å². The maximum absolute atomic E-state index is 8.78. The second-order valence-electron chi connectivity index (χ2n) is 4.39. The van der Waals surface area contributed by atoms with Gasteiger partial charge in [0.25, 0.3) is 0 Å². The van der Waals surface area contributed by atoms with Gasteiger partial charge in [-0.1, -0.05) is 0 Å². The van der Waals surface area contributed by atoms with Crippen LogP contribution in [-0.2, 0) is 4.74 Å². The molecule has 3 nitrogen and oxygen atoms in total. The molecule has 2 rings (SSSR count). The summed E-state index contributed by atoms with van der Waals surface area (Å²) >= 11 is 0. The summed E-state index contributed by atoms with van der Waals surface area (Å²) in [5.41, 5.74) is 1.67. The third-order valence-electron chi connectivity index (χ3n) is 3.00. The summed E-state index contributed by atoms with van der Waals surface area (Å²) in [4.78, 5) is 0. The predicted octanol–water partition coefficient (Wildman–Crippen LogP) is 2.81. The van der Waals surface area contributed by atoms with Crippen molar-refractivity contribution in [1.29, 1.82) is 5.26 Å². The summed E-state index contributed by atoms with van der Waals surface area (Å²) in [6.45, 7) is 3.41. The van der Waals surface area contributed by atoms with Crippen molar-refractivity contribution in [3.05, 3.63) is 29.3 Å². The van der Waals surface area contributed by atoms with Crippen LogP contribution in [-0.4, -0.2) is 19.3 Å². The van der Waals surface area contributed by atoms with Gasteiger partial charge in [0, 0.05) is 6.61 Å². The summed E-state index contributed by atoms with van der Waals surface area (Å²) in [6, 6.07) is 7.60. The lowest BCUT2D eigenvalue weighted by atomic mass is 10.1. The van der Waals surface area contributed by atoms with Crippen molar-refractivity contribution < 1.29 is 9.47 Å². The lowest BCUT2D eigenvalue weighted by molar-refractivity contribution is -0.0111. The first-order valence-corrected chi connectivity index (χ1v) is 6.05. The first kappa shape index (κ1) is 11.9. The highest BCUT2D eigenvalue weighted by atomic mass is 16.5. The molecule has 3 heteroatoms. The lowest BCUT2D eigenvalue weighted by Crippen LogP contribution is -2.25. The highest BCUT2D eigenvalue weighted by Gasteiger charge is 2.14. The average molecular weight is 231 g/mol. The normalized spacial score (nSPS) is 19.6. The second-order valence-corrected chi connectivity index (χ2v) is 4.39. The molecule has 0 amide bonds. The molecule has 1 unspecified atom stereocenters. The Kier molecular flexibility index (Phi) is 4.00. The Labute approximate surface area is 102 Å². The number of rotatable bonds is 3. The molecule has 1 saturated heterocycles. The minimum absolute atomic E-state index is 0.221. The molecule has 1 fully saturated rings. The number of hydrogen-bond donors (Lipinski definition) is 0. The minimum atomic E-state index is 0.221. The summed E-state index contributed by atoms with van der Waals surface area (Å²) < 4.78 is 11.3. The fourth-order valence-corrected chi connectivity index (χ4v) is 2.00. The third-order valence-corrected chi connectivity index (χ3v) is 3.00. The van der Waals surface area contributed by atoms with Gasteiger partial charge in [-0.15, -0.1) is 0 Å². The van der Waals surface area contributed by atoms with Crippen molar-refractivity contribution in [2.24, 2.45) is 0 Å². The molecule has 0 aromatic heterocycles. The lowest BCUT2D eigenvalue weighted by Gasteiger charge is -2.23. The van der Waals surface area contributed by atoms with Gasteiger partial charge in [0.1, 0.15) is 12.4 Å². The first-order chi connectivity index (χ1) is 8.29. The monoisotopic (exact) mass is 231 g/mol. The van der Waals surface area contributed by atoms with E-state index in [2.05, 4.69) is 6.07 Å². The Bertz CT molecular complexity index is 417. The van der Waals surface area contributed by atoms with Crippen LogP contribution in [0.5, 0.6) is 5.75 Å². The molecule has 0 radical (unpaired) electrons. The van der Waals surface area contributed by atoms with E-state index in [1.54, 1.807) is 6.07 Å². The van der Waals surface area contributed by atoms with Crippen molar-refractivity contribution in [2.45, 2.75) is 32.3 Å². The second kappa shape index (κ2) is 5.70. The van der Waals surface area contributed by atoms with Gasteiger partial charge in [0.15, 0.2) is 0 Å². The predicted molar refractivity (Wildman–Crippen MR) is 65.0 cm³/mol. The smallest absolute Gasteiger partial charge is 0.122 e. The van der Waals surface area contributed by atoms with Crippen LogP contribution in [0.2, 0.25) is 0 Å². The number of nitriles is 1. The van der Waals surface area contributed by atoms with E-state index in [0.29, 0.717) is 12.2 Å². The van der Waals surface area contributed by atoms with Crippen LogP contribution in [0.4, 0.5) is 0 Å². The average Bonchev–Trinajstić information content (AvgIpc) is 2.38. The van der Waals surface area contributed by atoms with Crippen LogP contribution in [0.25, 0.3) is 0 Å². The standard InChI is InChI=1S/C14H17NO2/c1-11-8-12(9-15)5-6-14(11)17-10-13-4-2-3-7-16-13/h5-6,8,13H,2-4,7,10H2,1H3. The van der Waals surface area contributed by atoms with Crippen LogP contribution in [0.15, 0.2) is 18.2 Å². The van der Waals surface area contributed by atoms with E-state index in [1.165, 1.54) is 6.42 Å². The molecule has 0 N–H and O–H groups in total. The van der Waals surface area contributed by atoms with Crippen LogP contribution >= 0.6 is 0 Å². The van der Waals surface area contributed by atoms with E-state index in [9.17, 15) is 0 Å². The SMILES string of the molecule is Cc1cc(C#N)ccc1OCC1CCCCO1. The molecular formula is C14H17NO2. The van der Waals surface area contributed by atoms with Crippen molar-refractivity contribution >= 4 is 0 Å². The number of ether oxygens (including phenoxy) is 2. The number of benzene rings is 1. The Morgan fingerprint density at radius 1 is 1.47 bits per heavy atom. The molecule has 90 valence electrons. The highest BCUT2D eigenvalue weighted by Crippen LogP contribution is 2.20. The van der Waals surface area contributed by atoms with Crippen molar-refractivity contribution in [3.63, 3.8) is 0 Å². The van der Waals surface area contributed by atoms with Crippen LogP contribution in [0, 0.1) is 18.3 Å². The fraction of sp³-hybridized carbons (Fsp3) is 0.500. The number of hydrogen-bond acceptors (Lipinski definition) is 3. The third kappa shape index (κ3) is 3.21. The summed E-state index contributed by atoms with van der Waals surface area (Å²) in [6.07, 6.45) is 3.68. The largest absolute Gasteiger partial charge is 0.491 e. The van der Waals surface area contributed by atoms with Crippen molar-refractivity contribution in [1.82, 2.24) is 0 Å². The first-order valence-electron chi connectivity index (χ1n) is 6.05. The topological polar surface area (TPSA) is 42.2 Å². The number of nitrogens with zero attached hydrogens (tertiary/aromatic N) is 1. The summed E-state index contributed by atoms with van der Waals surface area (Å²) in [5, 5.41) is 8.78. The Balaban J connectivity index is 1.92. The Morgan fingerprint density at radius 3 is 3.00 bits per heavy atom. The van der Waals surface area contributed by atoms with E-state index in [-0.39, 0.29) is 6.10 Å². The molecule has 1 aromatic carbocycles. The summed E-state index contributed by atoms with van der Waals surface area (Å²) in [7, 11) is 0. The zero-order valence-electron chi connectivity index (χ0n) is 10.1. The van der Waals surface area contributed by atoms with Gasteiger partial charge in [-0.05, 0) is 49.9 Å². The Morgan fingerprint density at radius 2 is 2.35 bits per heavy atom. The van der Waals surface area contributed by atoms with E-state index in [4.69, 9.17) is 14.7 Å². The van der Waals surface area contributed by atoms with Gasteiger partial charge in [-0.2, -0.15) is 5.26 Å². The number of aryl methyl sites for hydroxylation is 1. The van der Waals surface area contributed by atoms with Gasteiger partial charge < -0.3 is 9.47 Å². The molecule has 1 aliphatic rings. The minimum Gasteiger partial charge on any atom is -0.491 e. The van der Waals surface area contributed by atoms with Gasteiger partial charge in [0.05, 0.1) is 17.7 Å². The van der Waals surface area contributed by atoms with E-state index in [0.717, 1.165) is 30.8 Å². The van der Waals surface area contributed by atoms with Gasteiger partial charge in [-0.25, -0.2) is 0 Å². The van der Waals surface area contributed by atoms with Gasteiger partial charge >= 0.3 is 0 Å². The van der Waals surface area contributed by atoms with Crippen LogP contribution in [0.1, 0.15) is 30.4 Å². The van der Waals surface area contributed by atoms with E-state index < -0.39 is 0 Å². The molecule has 1 aliphatic heterocycles. The molecule has 0 saturated carbocycles. The molecule has 1 heterocycles.